The standard InChI is InChI=1S/C17H24/c1-5-15-14(3)11-13(2)12-16(15)17(4)9-7-6-8-10-17/h5,11-12H,1,6-10H2,2-4H3. The summed E-state index contributed by atoms with van der Waals surface area (Å²) < 4.78 is 0. The van der Waals surface area contributed by atoms with Crippen LogP contribution in [0.15, 0.2) is 18.7 Å². The van der Waals surface area contributed by atoms with Crippen molar-refractivity contribution in [1.82, 2.24) is 0 Å². The van der Waals surface area contributed by atoms with Gasteiger partial charge in [-0.15, -0.1) is 0 Å². The minimum Gasteiger partial charge on any atom is -0.0984 e. The van der Waals surface area contributed by atoms with Crippen LogP contribution in [0.3, 0.4) is 0 Å². The van der Waals surface area contributed by atoms with Crippen molar-refractivity contribution in [3.63, 3.8) is 0 Å². The van der Waals surface area contributed by atoms with E-state index in [1.165, 1.54) is 54.4 Å². The summed E-state index contributed by atoms with van der Waals surface area (Å²) in [5.74, 6) is 0. The molecular weight excluding hydrogens is 204 g/mol. The molecule has 0 unspecified atom stereocenters. The number of hydrogen-bond donors (Lipinski definition) is 0. The Morgan fingerprint density at radius 3 is 2.35 bits per heavy atom. The van der Waals surface area contributed by atoms with Gasteiger partial charge in [0.05, 0.1) is 0 Å². The van der Waals surface area contributed by atoms with E-state index in [2.05, 4.69) is 39.5 Å². The summed E-state index contributed by atoms with van der Waals surface area (Å²) in [5, 5.41) is 0. The van der Waals surface area contributed by atoms with Gasteiger partial charge in [0, 0.05) is 0 Å². The Bertz CT molecular complexity index is 420. The van der Waals surface area contributed by atoms with Crippen LogP contribution in [0.1, 0.15) is 61.3 Å². The van der Waals surface area contributed by atoms with Crippen molar-refractivity contribution < 1.29 is 0 Å². The first-order valence-corrected chi connectivity index (χ1v) is 6.81. The summed E-state index contributed by atoms with van der Waals surface area (Å²) in [6.45, 7) is 10.9. The van der Waals surface area contributed by atoms with Crippen molar-refractivity contribution in [2.75, 3.05) is 0 Å². The largest absolute Gasteiger partial charge is 0.0984 e. The third kappa shape index (κ3) is 2.31. The number of hydrogen-bond acceptors (Lipinski definition) is 0. The first-order valence-electron chi connectivity index (χ1n) is 6.81. The number of rotatable bonds is 2. The first-order chi connectivity index (χ1) is 8.07. The van der Waals surface area contributed by atoms with Crippen molar-refractivity contribution in [2.45, 2.75) is 58.3 Å². The fourth-order valence-electron chi connectivity index (χ4n) is 3.35. The highest BCUT2D eigenvalue weighted by molar-refractivity contribution is 5.59. The maximum Gasteiger partial charge on any atom is -0.00691 e. The molecule has 0 radical (unpaired) electrons. The average Bonchev–Trinajstić information content (AvgIpc) is 2.29. The van der Waals surface area contributed by atoms with Crippen molar-refractivity contribution in [1.29, 1.82) is 0 Å². The minimum absolute atomic E-state index is 0.374. The van der Waals surface area contributed by atoms with Gasteiger partial charge in [-0.2, -0.15) is 0 Å². The van der Waals surface area contributed by atoms with Crippen molar-refractivity contribution in [3.8, 4) is 0 Å². The van der Waals surface area contributed by atoms with E-state index in [0.29, 0.717) is 5.41 Å². The quantitative estimate of drug-likeness (QED) is 0.655. The lowest BCUT2D eigenvalue weighted by Gasteiger charge is -2.36. The van der Waals surface area contributed by atoms with Gasteiger partial charge in [-0.1, -0.05) is 56.5 Å². The number of aryl methyl sites for hydroxylation is 2. The van der Waals surface area contributed by atoms with Crippen LogP contribution >= 0.6 is 0 Å². The van der Waals surface area contributed by atoms with Crippen LogP contribution in [0.4, 0.5) is 0 Å². The molecular formula is C17H24. The molecule has 0 bridgehead atoms. The maximum atomic E-state index is 4.01. The molecule has 1 fully saturated rings. The van der Waals surface area contributed by atoms with Crippen LogP contribution in [-0.2, 0) is 5.41 Å². The monoisotopic (exact) mass is 228 g/mol. The highest BCUT2D eigenvalue weighted by Gasteiger charge is 2.30. The zero-order valence-electron chi connectivity index (χ0n) is 11.5. The molecule has 0 amide bonds. The lowest BCUT2D eigenvalue weighted by Crippen LogP contribution is -2.26. The van der Waals surface area contributed by atoms with Crippen LogP contribution in [0.5, 0.6) is 0 Å². The first kappa shape index (κ1) is 12.4. The summed E-state index contributed by atoms with van der Waals surface area (Å²) in [5.41, 5.74) is 6.04. The van der Waals surface area contributed by atoms with Gasteiger partial charge < -0.3 is 0 Å². The van der Waals surface area contributed by atoms with Gasteiger partial charge in [-0.3, -0.25) is 0 Å². The predicted octanol–water partition coefficient (Wildman–Crippen LogP) is 5.17. The molecule has 2 rings (SSSR count). The normalized spacial score (nSPS) is 19.0. The fourth-order valence-corrected chi connectivity index (χ4v) is 3.35. The van der Waals surface area contributed by atoms with Crippen molar-refractivity contribution in [3.05, 3.63) is 41.0 Å². The SMILES string of the molecule is C=Cc1c(C)cc(C)cc1C1(C)CCCCC1. The molecule has 0 aromatic heterocycles. The Kier molecular flexibility index (Phi) is 3.42. The van der Waals surface area contributed by atoms with Crippen LogP contribution in [0.2, 0.25) is 0 Å². The van der Waals surface area contributed by atoms with E-state index in [-0.39, 0.29) is 0 Å². The topological polar surface area (TPSA) is 0 Å². The van der Waals surface area contributed by atoms with Crippen LogP contribution < -0.4 is 0 Å². The second-order valence-corrected chi connectivity index (χ2v) is 5.87. The van der Waals surface area contributed by atoms with Crippen molar-refractivity contribution >= 4 is 6.08 Å². The zero-order valence-corrected chi connectivity index (χ0v) is 11.5. The molecule has 0 spiro atoms. The Morgan fingerprint density at radius 1 is 1.12 bits per heavy atom. The van der Waals surface area contributed by atoms with Gasteiger partial charge in [-0.05, 0) is 48.8 Å². The van der Waals surface area contributed by atoms with E-state index >= 15 is 0 Å². The molecule has 0 N–H and O–H groups in total. The molecule has 0 atom stereocenters. The second kappa shape index (κ2) is 4.68. The highest BCUT2D eigenvalue weighted by Crippen LogP contribution is 2.41. The molecule has 1 aliphatic carbocycles. The van der Waals surface area contributed by atoms with Gasteiger partial charge >= 0.3 is 0 Å². The smallest absolute Gasteiger partial charge is 0.00691 e. The second-order valence-electron chi connectivity index (χ2n) is 5.87. The zero-order chi connectivity index (χ0) is 12.5. The van der Waals surface area contributed by atoms with Gasteiger partial charge in [0.25, 0.3) is 0 Å². The third-order valence-corrected chi connectivity index (χ3v) is 4.34. The summed E-state index contributed by atoms with van der Waals surface area (Å²) in [4.78, 5) is 0. The molecule has 17 heavy (non-hydrogen) atoms. The summed E-state index contributed by atoms with van der Waals surface area (Å²) in [6.07, 6.45) is 8.86. The van der Waals surface area contributed by atoms with E-state index < -0.39 is 0 Å². The molecule has 1 aliphatic rings. The van der Waals surface area contributed by atoms with E-state index in [1.807, 2.05) is 6.08 Å². The van der Waals surface area contributed by atoms with Crippen LogP contribution in [-0.4, -0.2) is 0 Å². The fraction of sp³-hybridized carbons (Fsp3) is 0.529. The minimum atomic E-state index is 0.374. The molecule has 1 aromatic carbocycles. The van der Waals surface area contributed by atoms with Gasteiger partial charge in [-0.25, -0.2) is 0 Å². The molecule has 0 heterocycles. The molecule has 0 aliphatic heterocycles. The van der Waals surface area contributed by atoms with E-state index in [0.717, 1.165) is 0 Å². The highest BCUT2D eigenvalue weighted by atomic mass is 14.3. The van der Waals surface area contributed by atoms with Crippen LogP contribution in [0.25, 0.3) is 6.08 Å². The Labute approximate surface area is 106 Å². The summed E-state index contributed by atoms with van der Waals surface area (Å²) >= 11 is 0. The summed E-state index contributed by atoms with van der Waals surface area (Å²) in [6, 6.07) is 4.65. The molecule has 0 nitrogen and oxygen atoms in total. The average molecular weight is 228 g/mol. The van der Waals surface area contributed by atoms with E-state index in [1.54, 1.807) is 0 Å². The van der Waals surface area contributed by atoms with E-state index in [9.17, 15) is 0 Å². The molecule has 0 heteroatoms. The summed E-state index contributed by atoms with van der Waals surface area (Å²) in [7, 11) is 0. The van der Waals surface area contributed by atoms with Crippen molar-refractivity contribution in [2.24, 2.45) is 0 Å². The Balaban J connectivity index is 2.52. The molecule has 92 valence electrons. The predicted molar refractivity (Wildman–Crippen MR) is 76.4 cm³/mol. The molecule has 1 aromatic rings. The maximum absolute atomic E-state index is 4.01. The molecule has 0 saturated heterocycles. The molecule has 1 saturated carbocycles. The van der Waals surface area contributed by atoms with Gasteiger partial charge in [0.15, 0.2) is 0 Å². The number of benzene rings is 1. The lowest BCUT2D eigenvalue weighted by molar-refractivity contribution is 0.319. The van der Waals surface area contributed by atoms with Gasteiger partial charge in [0.2, 0.25) is 0 Å². The third-order valence-electron chi connectivity index (χ3n) is 4.34. The Morgan fingerprint density at radius 2 is 1.76 bits per heavy atom. The lowest BCUT2D eigenvalue weighted by atomic mass is 9.69. The van der Waals surface area contributed by atoms with E-state index in [4.69, 9.17) is 0 Å². The Hall–Kier alpha value is -1.04. The van der Waals surface area contributed by atoms with Gasteiger partial charge in [0.1, 0.15) is 0 Å². The van der Waals surface area contributed by atoms with Crippen LogP contribution in [0, 0.1) is 13.8 Å².